The number of nitrogen functional groups attached to an aromatic ring is 1. The summed E-state index contributed by atoms with van der Waals surface area (Å²) in [5.41, 5.74) is 6.13. The van der Waals surface area contributed by atoms with E-state index in [0.717, 1.165) is 19.4 Å². The maximum atomic E-state index is 10.0. The number of nitrogens with two attached hydrogens (primary N) is 1. The number of hydrogen-bond acceptors (Lipinski definition) is 5. The van der Waals surface area contributed by atoms with E-state index in [2.05, 4.69) is 4.98 Å². The Morgan fingerprint density at radius 3 is 3.00 bits per heavy atom. The Labute approximate surface area is 100 Å². The van der Waals surface area contributed by atoms with Crippen LogP contribution < -0.4 is 10.6 Å². The summed E-state index contributed by atoms with van der Waals surface area (Å²) in [5, 5.41) is 18.8. The molecule has 1 aliphatic heterocycles. The first-order chi connectivity index (χ1) is 8.02. The highest BCUT2D eigenvalue weighted by Gasteiger charge is 2.29. The molecular weight excluding hydrogens is 216 g/mol. The number of nitriles is 1. The van der Waals surface area contributed by atoms with Gasteiger partial charge in [-0.3, -0.25) is 0 Å². The molecule has 1 atom stereocenters. The van der Waals surface area contributed by atoms with Crippen LogP contribution in [0.1, 0.15) is 25.3 Å². The molecule has 3 N–H and O–H groups in total. The van der Waals surface area contributed by atoms with E-state index >= 15 is 0 Å². The Morgan fingerprint density at radius 1 is 1.65 bits per heavy atom. The number of rotatable bonds is 1. The van der Waals surface area contributed by atoms with Crippen LogP contribution in [-0.2, 0) is 0 Å². The Kier molecular flexibility index (Phi) is 2.90. The van der Waals surface area contributed by atoms with Gasteiger partial charge in [0.05, 0.1) is 16.9 Å². The van der Waals surface area contributed by atoms with Crippen molar-refractivity contribution in [3.63, 3.8) is 0 Å². The standard InChI is InChI=1S/C12H16N4O/c1-12(17)3-2-4-16(8-12)11-10(14)5-9(6-13)7-15-11/h5,7,17H,2-4,8,14H2,1H3. The second-order valence-corrected chi connectivity index (χ2v) is 4.77. The van der Waals surface area contributed by atoms with Crippen LogP contribution in [0.3, 0.4) is 0 Å². The number of anilines is 2. The van der Waals surface area contributed by atoms with Crippen molar-refractivity contribution in [2.75, 3.05) is 23.7 Å². The Bertz CT molecular complexity index is 464. The minimum absolute atomic E-state index is 0.454. The minimum Gasteiger partial charge on any atom is -0.396 e. The van der Waals surface area contributed by atoms with Gasteiger partial charge in [0.25, 0.3) is 0 Å². The molecule has 0 saturated carbocycles. The maximum absolute atomic E-state index is 10.0. The predicted molar refractivity (Wildman–Crippen MR) is 65.4 cm³/mol. The van der Waals surface area contributed by atoms with Crippen LogP contribution in [0.2, 0.25) is 0 Å². The average Bonchev–Trinajstić information content (AvgIpc) is 2.27. The van der Waals surface area contributed by atoms with Gasteiger partial charge in [0, 0.05) is 19.3 Å². The lowest BCUT2D eigenvalue weighted by molar-refractivity contribution is 0.0447. The van der Waals surface area contributed by atoms with Gasteiger partial charge in [-0.15, -0.1) is 0 Å². The van der Waals surface area contributed by atoms with E-state index in [1.165, 1.54) is 6.20 Å². The molecule has 1 unspecified atom stereocenters. The molecule has 90 valence electrons. The quantitative estimate of drug-likeness (QED) is 0.750. The molecule has 1 aromatic heterocycles. The van der Waals surface area contributed by atoms with Gasteiger partial charge in [0.15, 0.2) is 5.82 Å². The molecule has 0 aliphatic carbocycles. The van der Waals surface area contributed by atoms with Gasteiger partial charge in [0.1, 0.15) is 6.07 Å². The largest absolute Gasteiger partial charge is 0.396 e. The van der Waals surface area contributed by atoms with Gasteiger partial charge < -0.3 is 15.7 Å². The number of aromatic nitrogens is 1. The zero-order chi connectivity index (χ0) is 12.5. The molecule has 1 fully saturated rings. The van der Waals surface area contributed by atoms with E-state index in [9.17, 15) is 5.11 Å². The molecule has 2 rings (SSSR count). The minimum atomic E-state index is -0.694. The zero-order valence-corrected chi connectivity index (χ0v) is 9.85. The third-order valence-electron chi connectivity index (χ3n) is 3.00. The number of aliphatic hydroxyl groups is 1. The zero-order valence-electron chi connectivity index (χ0n) is 9.85. The third-order valence-corrected chi connectivity index (χ3v) is 3.00. The van der Waals surface area contributed by atoms with Crippen LogP contribution in [0.25, 0.3) is 0 Å². The van der Waals surface area contributed by atoms with Crippen molar-refractivity contribution in [1.29, 1.82) is 5.26 Å². The normalized spacial score (nSPS) is 24.4. The molecule has 0 amide bonds. The van der Waals surface area contributed by atoms with Crippen LogP contribution in [0.4, 0.5) is 11.5 Å². The number of piperidine rings is 1. The van der Waals surface area contributed by atoms with Gasteiger partial charge in [-0.05, 0) is 25.8 Å². The van der Waals surface area contributed by atoms with Gasteiger partial charge >= 0.3 is 0 Å². The summed E-state index contributed by atoms with van der Waals surface area (Å²) in [7, 11) is 0. The molecule has 0 aromatic carbocycles. The number of nitrogens with zero attached hydrogens (tertiary/aromatic N) is 3. The fourth-order valence-electron chi connectivity index (χ4n) is 2.20. The third kappa shape index (κ3) is 2.48. The van der Waals surface area contributed by atoms with E-state index in [0.29, 0.717) is 23.6 Å². The highest BCUT2D eigenvalue weighted by atomic mass is 16.3. The molecule has 0 bridgehead atoms. The molecule has 5 nitrogen and oxygen atoms in total. The number of hydrogen-bond donors (Lipinski definition) is 2. The number of pyridine rings is 1. The highest BCUT2D eigenvalue weighted by molar-refractivity contribution is 5.64. The monoisotopic (exact) mass is 232 g/mol. The van der Waals surface area contributed by atoms with Crippen molar-refractivity contribution in [2.24, 2.45) is 0 Å². The summed E-state index contributed by atoms with van der Waals surface area (Å²) in [6.45, 7) is 3.17. The van der Waals surface area contributed by atoms with E-state index in [1.807, 2.05) is 17.9 Å². The molecule has 5 heteroatoms. The Morgan fingerprint density at radius 2 is 2.41 bits per heavy atom. The molecule has 0 radical (unpaired) electrons. The number of β-amino-alcohol motifs (C(OH)–C–C–N with tert-alkyl or cyclic N) is 1. The van der Waals surface area contributed by atoms with Crippen LogP contribution >= 0.6 is 0 Å². The first-order valence-electron chi connectivity index (χ1n) is 5.65. The fourth-order valence-corrected chi connectivity index (χ4v) is 2.20. The topological polar surface area (TPSA) is 86.2 Å². The lowest BCUT2D eigenvalue weighted by atomic mass is 9.95. The van der Waals surface area contributed by atoms with E-state index < -0.39 is 5.60 Å². The van der Waals surface area contributed by atoms with Crippen molar-refractivity contribution in [3.05, 3.63) is 17.8 Å². The molecule has 0 spiro atoms. The van der Waals surface area contributed by atoms with Gasteiger partial charge in [-0.25, -0.2) is 4.98 Å². The van der Waals surface area contributed by atoms with E-state index in [-0.39, 0.29) is 0 Å². The summed E-state index contributed by atoms with van der Waals surface area (Å²) in [5.74, 6) is 0.656. The van der Waals surface area contributed by atoms with Crippen LogP contribution in [0.15, 0.2) is 12.3 Å². The summed E-state index contributed by atoms with van der Waals surface area (Å²) in [4.78, 5) is 6.18. The van der Waals surface area contributed by atoms with Crippen molar-refractivity contribution in [3.8, 4) is 6.07 Å². The SMILES string of the molecule is CC1(O)CCCN(c2ncc(C#N)cc2N)C1. The van der Waals surface area contributed by atoms with Crippen LogP contribution in [-0.4, -0.2) is 28.8 Å². The summed E-state index contributed by atoms with van der Waals surface area (Å²) in [6.07, 6.45) is 3.21. The Balaban J connectivity index is 2.26. The van der Waals surface area contributed by atoms with Crippen LogP contribution in [0, 0.1) is 11.3 Å². The molecular formula is C12H16N4O. The lowest BCUT2D eigenvalue weighted by Crippen LogP contribution is -2.46. The second-order valence-electron chi connectivity index (χ2n) is 4.77. The summed E-state index contributed by atoms with van der Waals surface area (Å²) < 4.78 is 0. The van der Waals surface area contributed by atoms with Crippen LogP contribution in [0.5, 0.6) is 0 Å². The van der Waals surface area contributed by atoms with Gasteiger partial charge in [-0.2, -0.15) is 5.26 Å². The molecule has 17 heavy (non-hydrogen) atoms. The molecule has 1 aromatic rings. The summed E-state index contributed by atoms with van der Waals surface area (Å²) >= 11 is 0. The van der Waals surface area contributed by atoms with E-state index in [1.54, 1.807) is 6.07 Å². The van der Waals surface area contributed by atoms with Crippen molar-refractivity contribution in [1.82, 2.24) is 4.98 Å². The molecule has 1 aliphatic rings. The average molecular weight is 232 g/mol. The second kappa shape index (κ2) is 4.22. The fraction of sp³-hybridized carbons (Fsp3) is 0.500. The van der Waals surface area contributed by atoms with Gasteiger partial charge in [0.2, 0.25) is 0 Å². The first kappa shape index (κ1) is 11.7. The summed E-state index contributed by atoms with van der Waals surface area (Å²) in [6, 6.07) is 3.62. The van der Waals surface area contributed by atoms with Crippen molar-refractivity contribution >= 4 is 11.5 Å². The highest BCUT2D eigenvalue weighted by Crippen LogP contribution is 2.28. The molecule has 2 heterocycles. The molecule has 1 saturated heterocycles. The predicted octanol–water partition coefficient (Wildman–Crippen LogP) is 0.887. The lowest BCUT2D eigenvalue weighted by Gasteiger charge is -2.37. The van der Waals surface area contributed by atoms with Crippen molar-refractivity contribution in [2.45, 2.75) is 25.4 Å². The first-order valence-corrected chi connectivity index (χ1v) is 5.65. The smallest absolute Gasteiger partial charge is 0.151 e. The van der Waals surface area contributed by atoms with Crippen molar-refractivity contribution < 1.29 is 5.11 Å². The maximum Gasteiger partial charge on any atom is 0.151 e. The van der Waals surface area contributed by atoms with Gasteiger partial charge in [-0.1, -0.05) is 0 Å². The Hall–Kier alpha value is -1.80. The van der Waals surface area contributed by atoms with E-state index in [4.69, 9.17) is 11.0 Å².